The van der Waals surface area contributed by atoms with E-state index in [2.05, 4.69) is 4.98 Å². The van der Waals surface area contributed by atoms with Crippen molar-refractivity contribution >= 4 is 34.1 Å². The highest BCUT2D eigenvalue weighted by atomic mass is 35.5. The minimum atomic E-state index is 0.530. The molecule has 1 heterocycles. The molecule has 1 aromatic heterocycles. The second kappa shape index (κ2) is 3.17. The molecule has 0 saturated heterocycles. The van der Waals surface area contributed by atoms with Gasteiger partial charge < -0.3 is 0 Å². The van der Waals surface area contributed by atoms with Gasteiger partial charge in [0, 0.05) is 11.6 Å². The number of aryl methyl sites for hydroxylation is 1. The van der Waals surface area contributed by atoms with Gasteiger partial charge in [-0.25, -0.2) is 0 Å². The molecule has 2 rings (SSSR count). The summed E-state index contributed by atoms with van der Waals surface area (Å²) in [6.07, 6.45) is 1.74. The van der Waals surface area contributed by atoms with E-state index in [4.69, 9.17) is 23.2 Å². The van der Waals surface area contributed by atoms with Crippen molar-refractivity contribution in [2.75, 3.05) is 0 Å². The Balaban J connectivity index is 2.94. The van der Waals surface area contributed by atoms with E-state index in [0.29, 0.717) is 10.0 Å². The molecule has 0 N–H and O–H groups in total. The van der Waals surface area contributed by atoms with E-state index < -0.39 is 0 Å². The van der Waals surface area contributed by atoms with Gasteiger partial charge in [-0.2, -0.15) is 0 Å². The fourth-order valence-electron chi connectivity index (χ4n) is 1.30. The Hall–Kier alpha value is -0.790. The number of pyridine rings is 1. The van der Waals surface area contributed by atoms with Crippen LogP contribution in [0.5, 0.6) is 0 Å². The number of aromatic nitrogens is 1. The van der Waals surface area contributed by atoms with E-state index in [0.717, 1.165) is 16.5 Å². The molecule has 0 radical (unpaired) electrons. The van der Waals surface area contributed by atoms with Crippen LogP contribution in [-0.2, 0) is 0 Å². The first-order chi connectivity index (χ1) is 6.20. The Kier molecular flexibility index (Phi) is 2.14. The average molecular weight is 212 g/mol. The molecule has 0 spiro atoms. The Morgan fingerprint density at radius 1 is 1.15 bits per heavy atom. The number of fused-ring (bicyclic) bond motifs is 1. The van der Waals surface area contributed by atoms with Crippen LogP contribution >= 0.6 is 23.2 Å². The molecular formula is C10H7Cl2N. The van der Waals surface area contributed by atoms with Crippen LogP contribution in [0.25, 0.3) is 10.9 Å². The summed E-state index contributed by atoms with van der Waals surface area (Å²) in [5, 5.41) is 2.13. The molecule has 0 aliphatic heterocycles. The molecule has 0 atom stereocenters. The summed E-state index contributed by atoms with van der Waals surface area (Å²) in [7, 11) is 0. The number of hydrogen-bond donors (Lipinski definition) is 0. The van der Waals surface area contributed by atoms with Gasteiger partial charge >= 0.3 is 0 Å². The van der Waals surface area contributed by atoms with Crippen LogP contribution in [0.3, 0.4) is 0 Å². The quantitative estimate of drug-likeness (QED) is 0.646. The maximum atomic E-state index is 6.00. The Bertz CT molecular complexity index is 466. The van der Waals surface area contributed by atoms with E-state index in [1.165, 1.54) is 0 Å². The van der Waals surface area contributed by atoms with Gasteiger partial charge in [-0.15, -0.1) is 0 Å². The molecule has 2 aromatic rings. The van der Waals surface area contributed by atoms with Crippen LogP contribution in [-0.4, -0.2) is 4.98 Å². The molecule has 0 amide bonds. The largest absolute Gasteiger partial charge is 0.255 e. The smallest absolute Gasteiger partial charge is 0.0905 e. The first kappa shape index (κ1) is 8.79. The van der Waals surface area contributed by atoms with Gasteiger partial charge in [-0.3, -0.25) is 4.98 Å². The number of halogens is 2. The van der Waals surface area contributed by atoms with Crippen LogP contribution < -0.4 is 0 Å². The highest BCUT2D eigenvalue weighted by Gasteiger charge is 2.05. The van der Waals surface area contributed by atoms with Crippen LogP contribution in [0.15, 0.2) is 24.4 Å². The molecule has 0 aliphatic carbocycles. The molecule has 3 heteroatoms. The molecular weight excluding hydrogens is 205 g/mol. The number of hydrogen-bond acceptors (Lipinski definition) is 1. The number of nitrogens with zero attached hydrogens (tertiary/aromatic N) is 1. The van der Waals surface area contributed by atoms with Crippen molar-refractivity contribution in [1.82, 2.24) is 4.98 Å². The molecule has 0 unspecified atom stereocenters. The van der Waals surface area contributed by atoms with E-state index in [1.54, 1.807) is 12.3 Å². The summed E-state index contributed by atoms with van der Waals surface area (Å²) >= 11 is 11.9. The predicted octanol–water partition coefficient (Wildman–Crippen LogP) is 3.85. The van der Waals surface area contributed by atoms with E-state index in [-0.39, 0.29) is 0 Å². The van der Waals surface area contributed by atoms with Gasteiger partial charge in [0.05, 0.1) is 15.6 Å². The van der Waals surface area contributed by atoms with E-state index >= 15 is 0 Å². The number of benzene rings is 1. The summed E-state index contributed by atoms with van der Waals surface area (Å²) in [6.45, 7) is 2.02. The van der Waals surface area contributed by atoms with Crippen molar-refractivity contribution < 1.29 is 0 Å². The second-order valence-electron chi connectivity index (χ2n) is 2.89. The van der Waals surface area contributed by atoms with Gasteiger partial charge in [-0.1, -0.05) is 29.3 Å². The fourth-order valence-corrected chi connectivity index (χ4v) is 1.66. The maximum absolute atomic E-state index is 6.00. The summed E-state index contributed by atoms with van der Waals surface area (Å²) in [6, 6.07) is 5.68. The van der Waals surface area contributed by atoms with Crippen molar-refractivity contribution in [3.63, 3.8) is 0 Å². The van der Waals surface area contributed by atoms with Crippen LogP contribution in [0, 0.1) is 6.92 Å². The molecule has 0 fully saturated rings. The Morgan fingerprint density at radius 2 is 1.92 bits per heavy atom. The van der Waals surface area contributed by atoms with Crippen molar-refractivity contribution in [1.29, 1.82) is 0 Å². The van der Waals surface area contributed by atoms with Gasteiger partial charge in [0.1, 0.15) is 0 Å². The summed E-state index contributed by atoms with van der Waals surface area (Å²) in [5.41, 5.74) is 1.93. The SMILES string of the molecule is Cc1ccnc2c(Cl)c(Cl)ccc12. The van der Waals surface area contributed by atoms with Gasteiger partial charge in [-0.05, 0) is 24.6 Å². The lowest BCUT2D eigenvalue weighted by molar-refractivity contribution is 1.37. The highest BCUT2D eigenvalue weighted by Crippen LogP contribution is 2.30. The third-order valence-electron chi connectivity index (χ3n) is 2.02. The lowest BCUT2D eigenvalue weighted by atomic mass is 10.1. The standard InChI is InChI=1S/C10H7Cl2N/c1-6-4-5-13-10-7(6)2-3-8(11)9(10)12/h2-5H,1H3. The molecule has 13 heavy (non-hydrogen) atoms. The monoisotopic (exact) mass is 211 g/mol. The average Bonchev–Trinajstić information content (AvgIpc) is 2.12. The fraction of sp³-hybridized carbons (Fsp3) is 0.100. The summed E-state index contributed by atoms with van der Waals surface area (Å²) < 4.78 is 0. The maximum Gasteiger partial charge on any atom is 0.0905 e. The number of rotatable bonds is 0. The van der Waals surface area contributed by atoms with Gasteiger partial charge in [0.25, 0.3) is 0 Å². The van der Waals surface area contributed by atoms with Crippen LogP contribution in [0.2, 0.25) is 10.0 Å². The first-order valence-electron chi connectivity index (χ1n) is 3.89. The zero-order valence-corrected chi connectivity index (χ0v) is 8.52. The molecule has 0 aliphatic rings. The van der Waals surface area contributed by atoms with Crippen LogP contribution in [0.4, 0.5) is 0 Å². The van der Waals surface area contributed by atoms with Crippen molar-refractivity contribution in [3.05, 3.63) is 40.0 Å². The molecule has 1 aromatic carbocycles. The molecule has 0 bridgehead atoms. The summed E-state index contributed by atoms with van der Waals surface area (Å²) in [4.78, 5) is 4.19. The summed E-state index contributed by atoms with van der Waals surface area (Å²) in [5.74, 6) is 0. The van der Waals surface area contributed by atoms with E-state index in [9.17, 15) is 0 Å². The normalized spacial score (nSPS) is 10.7. The minimum absolute atomic E-state index is 0.530. The van der Waals surface area contributed by atoms with Crippen molar-refractivity contribution in [2.45, 2.75) is 6.92 Å². The Labute approximate surface area is 86.3 Å². The molecule has 1 nitrogen and oxygen atoms in total. The highest BCUT2D eigenvalue weighted by molar-refractivity contribution is 6.45. The topological polar surface area (TPSA) is 12.9 Å². The molecule has 66 valence electrons. The Morgan fingerprint density at radius 3 is 2.69 bits per heavy atom. The zero-order chi connectivity index (χ0) is 9.42. The first-order valence-corrected chi connectivity index (χ1v) is 4.65. The lowest BCUT2D eigenvalue weighted by Gasteiger charge is -2.03. The second-order valence-corrected chi connectivity index (χ2v) is 3.67. The lowest BCUT2D eigenvalue weighted by Crippen LogP contribution is -1.83. The van der Waals surface area contributed by atoms with Crippen LogP contribution in [0.1, 0.15) is 5.56 Å². The van der Waals surface area contributed by atoms with Crippen molar-refractivity contribution in [3.8, 4) is 0 Å². The van der Waals surface area contributed by atoms with Gasteiger partial charge in [0.2, 0.25) is 0 Å². The van der Waals surface area contributed by atoms with Gasteiger partial charge in [0.15, 0.2) is 0 Å². The zero-order valence-electron chi connectivity index (χ0n) is 7.01. The minimum Gasteiger partial charge on any atom is -0.255 e. The van der Waals surface area contributed by atoms with E-state index in [1.807, 2.05) is 19.1 Å². The third kappa shape index (κ3) is 1.38. The van der Waals surface area contributed by atoms with Crippen molar-refractivity contribution in [2.24, 2.45) is 0 Å². The molecule has 0 saturated carbocycles. The third-order valence-corrected chi connectivity index (χ3v) is 2.82. The predicted molar refractivity (Wildman–Crippen MR) is 56.5 cm³/mol.